The maximum atomic E-state index is 11.5. The van der Waals surface area contributed by atoms with Crippen LogP contribution in [0.25, 0.3) is 21.5 Å². The molecule has 0 unspecified atom stereocenters. The van der Waals surface area contributed by atoms with Crippen molar-refractivity contribution in [1.29, 1.82) is 0 Å². The number of aryl methyl sites for hydroxylation is 1. The number of hydrogen-bond donors (Lipinski definition) is 0. The molecule has 5 nitrogen and oxygen atoms in total. The number of thiazole rings is 1. The largest absolute Gasteiger partial charge is 0.465 e. The molecule has 0 N–H and O–H groups in total. The van der Waals surface area contributed by atoms with E-state index in [1.54, 1.807) is 35.2 Å². The first-order valence-corrected chi connectivity index (χ1v) is 10.4. The molecule has 28 heavy (non-hydrogen) atoms. The fraction of sp³-hybridized carbons (Fsp3) is 0.143. The van der Waals surface area contributed by atoms with Gasteiger partial charge < -0.3 is 4.74 Å². The third-order valence-electron chi connectivity index (χ3n) is 4.19. The summed E-state index contributed by atoms with van der Waals surface area (Å²) in [6.07, 6.45) is 0. The molecule has 0 atom stereocenters. The average molecular weight is 408 g/mol. The summed E-state index contributed by atoms with van der Waals surface area (Å²) in [4.78, 5) is 16.2. The molecule has 4 rings (SSSR count). The van der Waals surface area contributed by atoms with Gasteiger partial charge in [-0.15, -0.1) is 21.5 Å². The fourth-order valence-corrected chi connectivity index (χ4v) is 4.68. The molecular weight excluding hydrogens is 390 g/mol. The summed E-state index contributed by atoms with van der Waals surface area (Å²) in [7, 11) is 1.38. The zero-order valence-electron chi connectivity index (χ0n) is 15.4. The molecule has 0 amide bonds. The van der Waals surface area contributed by atoms with Gasteiger partial charge in [0.15, 0.2) is 0 Å². The maximum absolute atomic E-state index is 11.5. The molecule has 4 aromatic rings. The van der Waals surface area contributed by atoms with Crippen molar-refractivity contribution in [2.45, 2.75) is 17.7 Å². The van der Waals surface area contributed by atoms with Gasteiger partial charge in [-0.25, -0.2) is 9.78 Å². The van der Waals surface area contributed by atoms with Crippen molar-refractivity contribution in [1.82, 2.24) is 15.2 Å². The van der Waals surface area contributed by atoms with Crippen LogP contribution in [0.2, 0.25) is 0 Å². The Hall–Kier alpha value is -2.77. The van der Waals surface area contributed by atoms with Crippen molar-refractivity contribution in [3.63, 3.8) is 0 Å². The third kappa shape index (κ3) is 3.76. The van der Waals surface area contributed by atoms with Gasteiger partial charge in [-0.3, -0.25) is 0 Å². The van der Waals surface area contributed by atoms with Gasteiger partial charge >= 0.3 is 5.97 Å². The summed E-state index contributed by atoms with van der Waals surface area (Å²) >= 11 is 3.23. The molecule has 0 aliphatic rings. The van der Waals surface area contributed by atoms with E-state index in [1.807, 2.05) is 49.4 Å². The summed E-state index contributed by atoms with van der Waals surface area (Å²) in [5.74, 6) is 0.383. The number of thioether (sulfide) groups is 1. The van der Waals surface area contributed by atoms with E-state index in [-0.39, 0.29) is 5.97 Å². The van der Waals surface area contributed by atoms with Crippen LogP contribution in [0.5, 0.6) is 0 Å². The van der Waals surface area contributed by atoms with E-state index < -0.39 is 0 Å². The molecular formula is C21H17N3O2S2. The second-order valence-corrected chi connectivity index (χ2v) is 8.27. The number of methoxy groups -OCH3 is 1. The van der Waals surface area contributed by atoms with Crippen molar-refractivity contribution < 1.29 is 9.53 Å². The zero-order valence-corrected chi connectivity index (χ0v) is 17.0. The monoisotopic (exact) mass is 407 g/mol. The molecule has 0 fully saturated rings. The molecule has 2 aromatic carbocycles. The van der Waals surface area contributed by atoms with Crippen LogP contribution in [-0.2, 0) is 10.5 Å². The van der Waals surface area contributed by atoms with Gasteiger partial charge in [0.1, 0.15) is 16.2 Å². The van der Waals surface area contributed by atoms with E-state index in [0.717, 1.165) is 37.1 Å². The smallest absolute Gasteiger partial charge is 0.337 e. The molecule has 0 bridgehead atoms. The Morgan fingerprint density at radius 3 is 2.54 bits per heavy atom. The number of rotatable bonds is 5. The third-order valence-corrected chi connectivity index (χ3v) is 6.19. The average Bonchev–Trinajstić information content (AvgIpc) is 3.14. The first-order chi connectivity index (χ1) is 13.7. The fourth-order valence-electron chi connectivity index (χ4n) is 2.81. The summed E-state index contributed by atoms with van der Waals surface area (Å²) in [6, 6.07) is 17.4. The van der Waals surface area contributed by atoms with Gasteiger partial charge in [-0.1, -0.05) is 54.2 Å². The minimum atomic E-state index is -0.332. The molecule has 0 spiro atoms. The van der Waals surface area contributed by atoms with Crippen LogP contribution in [-0.4, -0.2) is 28.3 Å². The van der Waals surface area contributed by atoms with E-state index in [1.165, 1.54) is 7.11 Å². The van der Waals surface area contributed by atoms with Crippen molar-refractivity contribution >= 4 is 39.3 Å². The molecule has 0 saturated heterocycles. The Bertz CT molecular complexity index is 1130. The summed E-state index contributed by atoms with van der Waals surface area (Å²) in [5.41, 5.74) is 4.44. The topological polar surface area (TPSA) is 65.0 Å². The molecule has 0 radical (unpaired) electrons. The van der Waals surface area contributed by atoms with Gasteiger partial charge in [-0.05, 0) is 24.6 Å². The predicted molar refractivity (Wildman–Crippen MR) is 113 cm³/mol. The highest BCUT2D eigenvalue weighted by atomic mass is 32.2. The lowest BCUT2D eigenvalue weighted by Crippen LogP contribution is -2.00. The van der Waals surface area contributed by atoms with Crippen LogP contribution in [0, 0.1) is 6.92 Å². The Morgan fingerprint density at radius 2 is 1.82 bits per heavy atom. The predicted octanol–water partition coefficient (Wildman–Crippen LogP) is 5.14. The van der Waals surface area contributed by atoms with E-state index in [9.17, 15) is 4.79 Å². The zero-order chi connectivity index (χ0) is 19.5. The number of carbonyl (C=O) groups is 1. The number of esters is 1. The second kappa shape index (κ2) is 8.08. The number of nitrogens with zero attached hydrogens (tertiary/aromatic N) is 3. The molecule has 7 heteroatoms. The van der Waals surface area contributed by atoms with E-state index >= 15 is 0 Å². The lowest BCUT2D eigenvalue weighted by molar-refractivity contribution is 0.0600. The van der Waals surface area contributed by atoms with E-state index in [4.69, 9.17) is 9.72 Å². The maximum Gasteiger partial charge on any atom is 0.337 e. The van der Waals surface area contributed by atoms with Crippen molar-refractivity contribution in [3.8, 4) is 11.3 Å². The number of hydrogen-bond acceptors (Lipinski definition) is 7. The van der Waals surface area contributed by atoms with Gasteiger partial charge in [0.25, 0.3) is 0 Å². The van der Waals surface area contributed by atoms with E-state index in [2.05, 4.69) is 10.2 Å². The van der Waals surface area contributed by atoms with Crippen molar-refractivity contribution in [2.75, 3.05) is 7.11 Å². The summed E-state index contributed by atoms with van der Waals surface area (Å²) in [6.45, 7) is 2.00. The highest BCUT2D eigenvalue weighted by molar-refractivity contribution is 7.98. The minimum absolute atomic E-state index is 0.332. The first-order valence-electron chi connectivity index (χ1n) is 8.65. The lowest BCUT2D eigenvalue weighted by Gasteiger charge is -2.06. The Balaban J connectivity index is 1.60. The van der Waals surface area contributed by atoms with Crippen LogP contribution < -0.4 is 0 Å². The van der Waals surface area contributed by atoms with Crippen LogP contribution in [0.15, 0.2) is 59.6 Å². The van der Waals surface area contributed by atoms with Gasteiger partial charge in [0, 0.05) is 11.3 Å². The first kappa shape index (κ1) is 18.6. The van der Waals surface area contributed by atoms with E-state index in [0.29, 0.717) is 11.3 Å². The Kier molecular flexibility index (Phi) is 5.36. The molecule has 0 aliphatic carbocycles. The van der Waals surface area contributed by atoms with Crippen LogP contribution >= 0.6 is 23.1 Å². The van der Waals surface area contributed by atoms with Crippen LogP contribution in [0.4, 0.5) is 0 Å². The number of benzene rings is 2. The standard InChI is InChI=1S/C21H17N3O2S2/c1-13-22-18-19(28-13)17(15-6-4-3-5-7-15)23-24-20(18)27-12-14-8-10-16(11-9-14)21(25)26-2/h3-11H,12H2,1-2H3. The molecule has 0 aliphatic heterocycles. The molecule has 2 heterocycles. The molecule has 140 valence electrons. The van der Waals surface area contributed by atoms with Gasteiger partial charge in [-0.2, -0.15) is 0 Å². The van der Waals surface area contributed by atoms with Crippen molar-refractivity contribution in [3.05, 3.63) is 70.7 Å². The number of aromatic nitrogens is 3. The minimum Gasteiger partial charge on any atom is -0.465 e. The number of fused-ring (bicyclic) bond motifs is 1. The second-order valence-electron chi connectivity index (χ2n) is 6.11. The lowest BCUT2D eigenvalue weighted by atomic mass is 10.1. The SMILES string of the molecule is COC(=O)c1ccc(CSc2nnc(-c3ccccc3)c3sc(C)nc23)cc1. The molecule has 0 saturated carbocycles. The van der Waals surface area contributed by atoms with Gasteiger partial charge in [0.05, 0.1) is 22.4 Å². The quantitative estimate of drug-likeness (QED) is 0.337. The Labute approximate surface area is 170 Å². The summed E-state index contributed by atoms with van der Waals surface area (Å²) < 4.78 is 5.79. The Morgan fingerprint density at radius 1 is 1.07 bits per heavy atom. The molecule has 2 aromatic heterocycles. The highest BCUT2D eigenvalue weighted by Gasteiger charge is 2.16. The van der Waals surface area contributed by atoms with Crippen molar-refractivity contribution in [2.24, 2.45) is 0 Å². The number of ether oxygens (including phenoxy) is 1. The van der Waals surface area contributed by atoms with Crippen LogP contribution in [0.1, 0.15) is 20.9 Å². The number of carbonyl (C=O) groups excluding carboxylic acids is 1. The highest BCUT2D eigenvalue weighted by Crippen LogP contribution is 2.36. The van der Waals surface area contributed by atoms with Gasteiger partial charge in [0.2, 0.25) is 0 Å². The normalized spacial score (nSPS) is 10.9. The van der Waals surface area contributed by atoms with Crippen LogP contribution in [0.3, 0.4) is 0 Å². The summed E-state index contributed by atoms with van der Waals surface area (Å²) in [5, 5.41) is 10.8.